The summed E-state index contributed by atoms with van der Waals surface area (Å²) in [5.41, 5.74) is 0. The number of hydrogen-bond donors (Lipinski definition) is 0. The van der Waals surface area contributed by atoms with Gasteiger partial charge >= 0.3 is 51.6 Å². The van der Waals surface area contributed by atoms with Gasteiger partial charge in [-0.15, -0.1) is 0 Å². The van der Waals surface area contributed by atoms with Crippen molar-refractivity contribution in [3.05, 3.63) is 0 Å². The van der Waals surface area contributed by atoms with Crippen molar-refractivity contribution in [2.75, 3.05) is 0 Å². The van der Waals surface area contributed by atoms with Gasteiger partial charge in [-0.1, -0.05) is 0 Å². The van der Waals surface area contributed by atoms with E-state index in [0.717, 1.165) is 20.8 Å². The van der Waals surface area contributed by atoms with E-state index in [1.54, 1.807) is 0 Å². The molecule has 8 heteroatoms. The SMILES string of the molecule is CC(=O)[O-].CC(=O)[O-].CC(=O)[O-].[Hg+2].[I+]. The summed E-state index contributed by atoms with van der Waals surface area (Å²) in [4.78, 5) is 26.7. The molecule has 0 aromatic carbocycles. The van der Waals surface area contributed by atoms with Crippen molar-refractivity contribution in [3.8, 4) is 0 Å². The molecule has 0 rings (SSSR count). The fourth-order valence-corrected chi connectivity index (χ4v) is 0. The van der Waals surface area contributed by atoms with E-state index >= 15 is 0 Å². The maximum atomic E-state index is 8.89. The van der Waals surface area contributed by atoms with Crippen LogP contribution in [0.25, 0.3) is 0 Å². The van der Waals surface area contributed by atoms with E-state index in [1.807, 2.05) is 0 Å². The third-order valence-electron chi connectivity index (χ3n) is 0. The van der Waals surface area contributed by atoms with Gasteiger partial charge in [-0.3, -0.25) is 0 Å². The Bertz CT molecular complexity index is 120. The molecule has 0 aromatic rings. The molecule has 0 bridgehead atoms. The molecule has 0 N–H and O–H groups in total. The third kappa shape index (κ3) is 263000. The second kappa shape index (κ2) is 23.1. The zero-order chi connectivity index (χ0) is 10.7. The molecule has 0 aliphatic carbocycles. The van der Waals surface area contributed by atoms with E-state index in [0.29, 0.717) is 0 Å². The number of carbonyl (C=O) groups excluding carboxylic acids is 3. The number of hydrogen-bond acceptors (Lipinski definition) is 6. The van der Waals surface area contributed by atoms with Crippen LogP contribution in [0.15, 0.2) is 0 Å². The maximum absolute atomic E-state index is 8.89. The normalized spacial score (nSPS) is 5.36. The molecule has 0 saturated heterocycles. The predicted octanol–water partition coefficient (Wildman–Crippen LogP) is -6.73. The van der Waals surface area contributed by atoms with Crippen molar-refractivity contribution in [2.24, 2.45) is 0 Å². The molecule has 14 heavy (non-hydrogen) atoms. The average Bonchev–Trinajstić information content (AvgIpc) is 1.54. The first kappa shape index (κ1) is 29.2. The molecule has 0 aliphatic rings. The third-order valence-corrected chi connectivity index (χ3v) is 0. The first-order valence-electron chi connectivity index (χ1n) is 2.72. The Labute approximate surface area is 119 Å². The molecule has 0 aromatic heterocycles. The van der Waals surface area contributed by atoms with E-state index in [4.69, 9.17) is 29.7 Å². The summed E-state index contributed by atoms with van der Waals surface area (Å²) in [6, 6.07) is 0. The van der Waals surface area contributed by atoms with Crippen LogP contribution in [0.3, 0.4) is 0 Å². The molecule has 0 amide bonds. The van der Waals surface area contributed by atoms with E-state index in [1.165, 1.54) is 0 Å². The molecule has 2 radical (unpaired) electrons. The van der Waals surface area contributed by atoms with Crippen LogP contribution in [0, 0.1) is 0 Å². The van der Waals surface area contributed by atoms with E-state index in [2.05, 4.69) is 0 Å². The number of rotatable bonds is 0. The van der Waals surface area contributed by atoms with Gasteiger partial charge in [0.15, 0.2) is 0 Å². The minimum absolute atomic E-state index is 0. The topological polar surface area (TPSA) is 120 Å². The summed E-state index contributed by atoms with van der Waals surface area (Å²) >= 11 is 0. The number of aliphatic carboxylic acids is 3. The van der Waals surface area contributed by atoms with Crippen LogP contribution in [0.1, 0.15) is 20.8 Å². The van der Waals surface area contributed by atoms with Gasteiger partial charge in [0.05, 0.1) is 0 Å². The number of carboxylic acids is 3. The minimum atomic E-state index is -1.08. The largest absolute Gasteiger partial charge is 2.00 e. The minimum Gasteiger partial charge on any atom is -0.550 e. The molecular formula is C6H9HgIO6. The first-order chi connectivity index (χ1) is 5.20. The summed E-state index contributed by atoms with van der Waals surface area (Å²) in [5, 5.41) is 26.7. The van der Waals surface area contributed by atoms with E-state index in [-0.39, 0.29) is 51.6 Å². The Morgan fingerprint density at radius 2 is 0.714 bits per heavy atom. The Morgan fingerprint density at radius 1 is 0.714 bits per heavy atom. The smallest absolute Gasteiger partial charge is 0.550 e. The van der Waals surface area contributed by atoms with Crippen LogP contribution in [0.4, 0.5) is 0 Å². The Kier molecular flexibility index (Phi) is 48.3. The first-order valence-corrected chi connectivity index (χ1v) is 2.72. The summed E-state index contributed by atoms with van der Waals surface area (Å²) in [6.07, 6.45) is 0. The molecule has 0 fully saturated rings. The van der Waals surface area contributed by atoms with Gasteiger partial charge in [-0.2, -0.15) is 0 Å². The Morgan fingerprint density at radius 3 is 0.714 bits per heavy atom. The van der Waals surface area contributed by atoms with E-state index < -0.39 is 17.9 Å². The number of carboxylic acid groups (broad SMARTS) is 3. The Hall–Kier alpha value is 0.0751. The van der Waals surface area contributed by atoms with Crippen molar-refractivity contribution in [1.82, 2.24) is 0 Å². The molecule has 0 aliphatic heterocycles. The van der Waals surface area contributed by atoms with Crippen LogP contribution in [-0.2, 0) is 42.1 Å². The second-order valence-corrected chi connectivity index (χ2v) is 1.47. The summed E-state index contributed by atoms with van der Waals surface area (Å²) in [7, 11) is 0. The molecule has 0 unspecified atom stereocenters. The molecular weight excluding hydrogens is 496 g/mol. The summed E-state index contributed by atoms with van der Waals surface area (Å²) in [5.74, 6) is -3.25. The molecule has 0 heterocycles. The average molecular weight is 505 g/mol. The monoisotopic (exact) mass is 506 g/mol. The van der Waals surface area contributed by atoms with Crippen LogP contribution in [0.2, 0.25) is 0 Å². The molecule has 0 atom stereocenters. The fraction of sp³-hybridized carbons (Fsp3) is 0.500. The van der Waals surface area contributed by atoms with E-state index in [9.17, 15) is 0 Å². The quantitative estimate of drug-likeness (QED) is 0.239. The van der Waals surface area contributed by atoms with Crippen LogP contribution >= 0.6 is 0 Å². The van der Waals surface area contributed by atoms with Crippen LogP contribution < -0.4 is 39.3 Å². The number of carbonyl (C=O) groups is 3. The standard InChI is InChI=1S/3C2H4O2.Hg.I/c3*1-2(3)4;;/h3*1H3,(H,3,4);;/q;;;+2;+1/p-3. The molecule has 0 spiro atoms. The van der Waals surface area contributed by atoms with Gasteiger partial charge in [0.1, 0.15) is 0 Å². The zero-order valence-corrected chi connectivity index (χ0v) is 15.7. The molecule has 6 nitrogen and oxygen atoms in total. The molecule has 78 valence electrons. The van der Waals surface area contributed by atoms with Crippen molar-refractivity contribution in [2.45, 2.75) is 20.8 Å². The molecule has 0 saturated carbocycles. The van der Waals surface area contributed by atoms with Gasteiger partial charge in [-0.25, -0.2) is 0 Å². The second-order valence-electron chi connectivity index (χ2n) is 1.47. The Balaban J connectivity index is -0.0000000270. The van der Waals surface area contributed by atoms with Gasteiger partial charge in [0, 0.05) is 17.9 Å². The summed E-state index contributed by atoms with van der Waals surface area (Å²) < 4.78 is 0. The number of halogens is 1. The zero-order valence-electron chi connectivity index (χ0n) is 8.03. The van der Waals surface area contributed by atoms with Crippen molar-refractivity contribution >= 4 is 17.9 Å². The van der Waals surface area contributed by atoms with Crippen LogP contribution in [-0.4, -0.2) is 17.9 Å². The predicted molar refractivity (Wildman–Crippen MR) is 32.0 cm³/mol. The summed E-state index contributed by atoms with van der Waals surface area (Å²) in [6.45, 7) is 2.92. The van der Waals surface area contributed by atoms with Crippen molar-refractivity contribution < 1.29 is 81.3 Å². The van der Waals surface area contributed by atoms with Gasteiger partial charge in [-0.05, 0) is 20.8 Å². The van der Waals surface area contributed by atoms with Crippen molar-refractivity contribution in [1.29, 1.82) is 0 Å². The maximum Gasteiger partial charge on any atom is 2.00 e. The van der Waals surface area contributed by atoms with Gasteiger partial charge in [0.2, 0.25) is 0 Å². The van der Waals surface area contributed by atoms with Crippen LogP contribution in [0.5, 0.6) is 0 Å². The van der Waals surface area contributed by atoms with Gasteiger partial charge < -0.3 is 29.7 Å². The fourth-order valence-electron chi connectivity index (χ4n) is 0. The van der Waals surface area contributed by atoms with Gasteiger partial charge in [0.25, 0.3) is 0 Å². The van der Waals surface area contributed by atoms with Crippen molar-refractivity contribution in [3.63, 3.8) is 0 Å².